The maximum atomic E-state index is 13.1. The summed E-state index contributed by atoms with van der Waals surface area (Å²) in [7, 11) is 0. The molecule has 0 fully saturated rings. The summed E-state index contributed by atoms with van der Waals surface area (Å²) < 4.78 is 40.1. The number of alkyl halides is 3. The molecule has 1 atom stereocenters. The third-order valence-electron chi connectivity index (χ3n) is 3.63. The number of halogens is 3. The molecule has 1 aromatic heterocycles. The molecule has 1 unspecified atom stereocenters. The molecule has 140 valence electrons. The molecular weight excluding hydrogens is 353 g/mol. The van der Waals surface area contributed by atoms with Gasteiger partial charge < -0.3 is 10.4 Å². The molecule has 2 N–H and O–H groups in total. The van der Waals surface area contributed by atoms with Crippen LogP contribution in [-0.2, 0) is 11.0 Å². The van der Waals surface area contributed by atoms with Crippen LogP contribution in [-0.4, -0.2) is 38.0 Å². The quantitative estimate of drug-likeness (QED) is 0.781. The number of unbranched alkanes of at least 4 members (excludes halogenated alkanes) is 1. The Labute approximate surface area is 146 Å². The van der Waals surface area contributed by atoms with Gasteiger partial charge in [0.1, 0.15) is 6.04 Å². The molecule has 0 aliphatic heterocycles. The van der Waals surface area contributed by atoms with Crippen LogP contribution in [0.5, 0.6) is 0 Å². The lowest BCUT2D eigenvalue weighted by Gasteiger charge is -2.13. The standard InChI is InChI=1S/C16H17F3N4O3/c1-2-3-7-11(15(25)26)20-14(24)12-9-23(22-21-12)13-8-5-4-6-10(13)16(17,18)19/h4-6,8-9,11H,2-3,7H2,1H3,(H,20,24)(H,25,26). The number of aliphatic carboxylic acids is 1. The predicted octanol–water partition coefficient (Wildman–Crippen LogP) is 2.66. The maximum absolute atomic E-state index is 13.1. The number of carboxylic acid groups (broad SMARTS) is 1. The molecule has 0 saturated heterocycles. The van der Waals surface area contributed by atoms with Crippen LogP contribution >= 0.6 is 0 Å². The topological polar surface area (TPSA) is 97.1 Å². The number of nitrogens with one attached hydrogen (secondary N) is 1. The molecule has 2 rings (SSSR count). The van der Waals surface area contributed by atoms with Crippen molar-refractivity contribution in [3.8, 4) is 5.69 Å². The number of carbonyl (C=O) groups is 2. The zero-order valence-corrected chi connectivity index (χ0v) is 13.8. The van der Waals surface area contributed by atoms with E-state index < -0.39 is 29.7 Å². The van der Waals surface area contributed by atoms with Crippen molar-refractivity contribution in [2.24, 2.45) is 0 Å². The minimum atomic E-state index is -4.60. The zero-order chi connectivity index (χ0) is 19.3. The van der Waals surface area contributed by atoms with E-state index in [1.54, 1.807) is 0 Å². The Kier molecular flexibility index (Phi) is 5.96. The van der Waals surface area contributed by atoms with Gasteiger partial charge in [-0.2, -0.15) is 13.2 Å². The van der Waals surface area contributed by atoms with Gasteiger partial charge in [0.25, 0.3) is 5.91 Å². The number of nitrogens with zero attached hydrogens (tertiary/aromatic N) is 3. The molecule has 10 heteroatoms. The molecule has 2 aromatic rings. The zero-order valence-electron chi connectivity index (χ0n) is 13.8. The lowest BCUT2D eigenvalue weighted by molar-refractivity contribution is -0.139. The van der Waals surface area contributed by atoms with Crippen LogP contribution in [0.1, 0.15) is 42.2 Å². The van der Waals surface area contributed by atoms with Crippen molar-refractivity contribution in [2.45, 2.75) is 38.4 Å². The second kappa shape index (κ2) is 7.98. The summed E-state index contributed by atoms with van der Waals surface area (Å²) in [6, 6.07) is 3.62. The average molecular weight is 370 g/mol. The third-order valence-corrected chi connectivity index (χ3v) is 3.63. The number of rotatable bonds is 7. The first-order valence-electron chi connectivity index (χ1n) is 7.86. The SMILES string of the molecule is CCCCC(NC(=O)c1cn(-c2ccccc2C(F)(F)F)nn1)C(=O)O. The van der Waals surface area contributed by atoms with E-state index in [1.807, 2.05) is 6.92 Å². The van der Waals surface area contributed by atoms with Gasteiger partial charge in [-0.3, -0.25) is 4.79 Å². The van der Waals surface area contributed by atoms with E-state index in [1.165, 1.54) is 18.2 Å². The fourth-order valence-corrected chi connectivity index (χ4v) is 2.30. The van der Waals surface area contributed by atoms with E-state index in [9.17, 15) is 22.8 Å². The second-order valence-electron chi connectivity index (χ2n) is 5.57. The molecule has 0 spiro atoms. The van der Waals surface area contributed by atoms with E-state index in [0.717, 1.165) is 23.4 Å². The number of amides is 1. The highest BCUT2D eigenvalue weighted by atomic mass is 19.4. The van der Waals surface area contributed by atoms with Crippen molar-refractivity contribution in [1.29, 1.82) is 0 Å². The average Bonchev–Trinajstić information content (AvgIpc) is 3.07. The van der Waals surface area contributed by atoms with Gasteiger partial charge in [-0.15, -0.1) is 5.10 Å². The number of hydrogen-bond donors (Lipinski definition) is 2. The maximum Gasteiger partial charge on any atom is 0.418 e. The number of benzene rings is 1. The minimum Gasteiger partial charge on any atom is -0.480 e. The lowest BCUT2D eigenvalue weighted by Crippen LogP contribution is -2.40. The Hall–Kier alpha value is -2.91. The van der Waals surface area contributed by atoms with Gasteiger partial charge in [0.05, 0.1) is 17.4 Å². The third kappa shape index (κ3) is 4.58. The molecule has 0 radical (unpaired) electrons. The van der Waals surface area contributed by atoms with Crippen molar-refractivity contribution in [3.05, 3.63) is 41.7 Å². The molecule has 0 aliphatic rings. The normalized spacial score (nSPS) is 12.6. The van der Waals surface area contributed by atoms with Gasteiger partial charge in [0, 0.05) is 0 Å². The largest absolute Gasteiger partial charge is 0.480 e. The summed E-state index contributed by atoms with van der Waals surface area (Å²) in [5, 5.41) is 18.5. The van der Waals surface area contributed by atoms with Crippen molar-refractivity contribution in [2.75, 3.05) is 0 Å². The molecule has 0 aliphatic carbocycles. The first kappa shape index (κ1) is 19.4. The molecule has 1 heterocycles. The fourth-order valence-electron chi connectivity index (χ4n) is 2.30. The van der Waals surface area contributed by atoms with Gasteiger partial charge in [-0.05, 0) is 18.6 Å². The van der Waals surface area contributed by atoms with E-state index >= 15 is 0 Å². The number of para-hydroxylation sites is 1. The molecule has 26 heavy (non-hydrogen) atoms. The summed E-state index contributed by atoms with van der Waals surface area (Å²) in [5.74, 6) is -2.01. The minimum absolute atomic E-state index is 0.239. The first-order chi connectivity index (χ1) is 12.2. The van der Waals surface area contributed by atoms with Crippen LogP contribution in [0, 0.1) is 0 Å². The predicted molar refractivity (Wildman–Crippen MR) is 84.8 cm³/mol. The van der Waals surface area contributed by atoms with Crippen LogP contribution in [0.2, 0.25) is 0 Å². The van der Waals surface area contributed by atoms with E-state index in [0.29, 0.717) is 6.42 Å². The summed E-state index contributed by atoms with van der Waals surface area (Å²) in [6.07, 6.45) is -1.98. The van der Waals surface area contributed by atoms with Gasteiger partial charge in [-0.25, -0.2) is 9.48 Å². The van der Waals surface area contributed by atoms with Crippen LogP contribution in [0.25, 0.3) is 5.69 Å². The summed E-state index contributed by atoms with van der Waals surface area (Å²) in [6.45, 7) is 1.88. The Balaban J connectivity index is 2.22. The molecular formula is C16H17F3N4O3. The molecule has 0 bridgehead atoms. The smallest absolute Gasteiger partial charge is 0.418 e. The highest BCUT2D eigenvalue weighted by Gasteiger charge is 2.34. The first-order valence-corrected chi connectivity index (χ1v) is 7.86. The Morgan fingerprint density at radius 2 is 2.00 bits per heavy atom. The number of carbonyl (C=O) groups excluding carboxylic acids is 1. The van der Waals surface area contributed by atoms with Crippen molar-refractivity contribution in [1.82, 2.24) is 20.3 Å². The summed E-state index contributed by atoms with van der Waals surface area (Å²) in [5.41, 5.74) is -1.49. The van der Waals surface area contributed by atoms with E-state index in [-0.39, 0.29) is 17.8 Å². The van der Waals surface area contributed by atoms with Crippen LogP contribution in [0.3, 0.4) is 0 Å². The van der Waals surface area contributed by atoms with Gasteiger partial charge in [0.2, 0.25) is 0 Å². The summed E-state index contributed by atoms with van der Waals surface area (Å²) >= 11 is 0. The Morgan fingerprint density at radius 1 is 1.31 bits per heavy atom. The van der Waals surface area contributed by atoms with Gasteiger partial charge in [-0.1, -0.05) is 37.1 Å². The molecule has 1 amide bonds. The van der Waals surface area contributed by atoms with E-state index in [4.69, 9.17) is 5.11 Å². The van der Waals surface area contributed by atoms with Crippen molar-refractivity contribution in [3.63, 3.8) is 0 Å². The van der Waals surface area contributed by atoms with E-state index in [2.05, 4.69) is 15.6 Å². The lowest BCUT2D eigenvalue weighted by atomic mass is 10.1. The van der Waals surface area contributed by atoms with Crippen LogP contribution in [0.4, 0.5) is 13.2 Å². The second-order valence-corrected chi connectivity index (χ2v) is 5.57. The van der Waals surface area contributed by atoms with Gasteiger partial charge >= 0.3 is 12.1 Å². The van der Waals surface area contributed by atoms with Crippen molar-refractivity contribution < 1.29 is 27.9 Å². The number of carboxylic acids is 1. The molecule has 7 nitrogen and oxygen atoms in total. The van der Waals surface area contributed by atoms with Crippen LogP contribution < -0.4 is 5.32 Å². The Morgan fingerprint density at radius 3 is 2.62 bits per heavy atom. The number of hydrogen-bond acceptors (Lipinski definition) is 4. The van der Waals surface area contributed by atoms with Crippen LogP contribution in [0.15, 0.2) is 30.5 Å². The summed E-state index contributed by atoms with van der Waals surface area (Å²) in [4.78, 5) is 23.3. The van der Waals surface area contributed by atoms with Crippen molar-refractivity contribution >= 4 is 11.9 Å². The Bertz CT molecular complexity index is 789. The molecule has 1 aromatic carbocycles. The number of aromatic nitrogens is 3. The monoisotopic (exact) mass is 370 g/mol. The van der Waals surface area contributed by atoms with Gasteiger partial charge in [0.15, 0.2) is 5.69 Å². The highest BCUT2D eigenvalue weighted by Crippen LogP contribution is 2.33. The molecule has 0 saturated carbocycles. The highest BCUT2D eigenvalue weighted by molar-refractivity contribution is 5.94. The fraction of sp³-hybridized carbons (Fsp3) is 0.375.